The van der Waals surface area contributed by atoms with Gasteiger partial charge >= 0.3 is 0 Å². The average molecular weight is 224 g/mol. The van der Waals surface area contributed by atoms with Crippen molar-refractivity contribution in [2.24, 2.45) is 0 Å². The van der Waals surface area contributed by atoms with Crippen molar-refractivity contribution in [2.75, 3.05) is 37.0 Å². The first kappa shape index (κ1) is 12.7. The van der Waals surface area contributed by atoms with Crippen molar-refractivity contribution in [3.05, 3.63) is 11.8 Å². The van der Waals surface area contributed by atoms with Gasteiger partial charge in [-0.25, -0.2) is 4.98 Å². The summed E-state index contributed by atoms with van der Waals surface area (Å²) in [6, 6.07) is 1.91. The first-order chi connectivity index (χ1) is 7.67. The minimum absolute atomic E-state index is 0.122. The second-order valence-corrected chi connectivity index (χ2v) is 3.76. The molecule has 0 aliphatic carbocycles. The zero-order chi connectivity index (χ0) is 12.0. The topological polar surface area (TPSA) is 61.3 Å². The van der Waals surface area contributed by atoms with E-state index in [1.807, 2.05) is 24.9 Å². The van der Waals surface area contributed by atoms with Crippen molar-refractivity contribution < 1.29 is 5.11 Å². The Labute approximate surface area is 96.5 Å². The first-order valence-electron chi connectivity index (χ1n) is 5.59. The van der Waals surface area contributed by atoms with Crippen LogP contribution in [0.5, 0.6) is 0 Å². The quantitative estimate of drug-likeness (QED) is 0.756. The van der Waals surface area contributed by atoms with Gasteiger partial charge in [0.25, 0.3) is 0 Å². The van der Waals surface area contributed by atoms with Crippen LogP contribution in [0.15, 0.2) is 6.07 Å². The summed E-state index contributed by atoms with van der Waals surface area (Å²) in [6.45, 7) is 5.60. The number of aryl methyl sites for hydroxylation is 1. The second-order valence-electron chi connectivity index (χ2n) is 3.76. The van der Waals surface area contributed by atoms with Gasteiger partial charge in [-0.05, 0) is 13.3 Å². The van der Waals surface area contributed by atoms with E-state index in [4.69, 9.17) is 5.11 Å². The van der Waals surface area contributed by atoms with Crippen LogP contribution in [0.1, 0.15) is 19.0 Å². The summed E-state index contributed by atoms with van der Waals surface area (Å²) in [5, 5.41) is 12.0. The van der Waals surface area contributed by atoms with E-state index in [2.05, 4.69) is 22.2 Å². The van der Waals surface area contributed by atoms with Gasteiger partial charge in [0.1, 0.15) is 5.82 Å². The lowest BCUT2D eigenvalue weighted by molar-refractivity contribution is 0.304. The van der Waals surface area contributed by atoms with E-state index in [0.717, 1.165) is 24.5 Å². The molecule has 90 valence electrons. The third-order valence-electron chi connectivity index (χ3n) is 2.20. The number of nitrogens with one attached hydrogen (secondary N) is 1. The highest BCUT2D eigenvalue weighted by atomic mass is 16.3. The molecule has 0 saturated carbocycles. The summed E-state index contributed by atoms with van der Waals surface area (Å²) in [6.07, 6.45) is 1.04. The Hall–Kier alpha value is -1.36. The van der Waals surface area contributed by atoms with Crippen LogP contribution in [0.25, 0.3) is 0 Å². The molecule has 0 unspecified atom stereocenters. The number of aliphatic hydroxyl groups is 1. The summed E-state index contributed by atoms with van der Waals surface area (Å²) in [5.74, 6) is 1.49. The Bertz CT molecular complexity index is 330. The minimum Gasteiger partial charge on any atom is -0.395 e. The number of anilines is 2. The van der Waals surface area contributed by atoms with Crippen molar-refractivity contribution in [2.45, 2.75) is 20.3 Å². The SMILES string of the molecule is CCCNc1nc(C)cc(N(C)CCO)n1. The molecule has 5 nitrogen and oxygen atoms in total. The third-order valence-corrected chi connectivity index (χ3v) is 2.20. The molecule has 0 bridgehead atoms. The molecule has 0 spiro atoms. The van der Waals surface area contributed by atoms with Crippen LogP contribution in [0.4, 0.5) is 11.8 Å². The van der Waals surface area contributed by atoms with Gasteiger partial charge in [-0.15, -0.1) is 0 Å². The molecule has 0 atom stereocenters. The van der Waals surface area contributed by atoms with Crippen LogP contribution in [-0.2, 0) is 0 Å². The van der Waals surface area contributed by atoms with Gasteiger partial charge in [0, 0.05) is 31.9 Å². The molecule has 1 aromatic heterocycles. The normalized spacial score (nSPS) is 10.2. The molecule has 0 amide bonds. The van der Waals surface area contributed by atoms with Gasteiger partial charge in [0.2, 0.25) is 5.95 Å². The number of hydrogen-bond acceptors (Lipinski definition) is 5. The van der Waals surface area contributed by atoms with E-state index in [9.17, 15) is 0 Å². The van der Waals surface area contributed by atoms with Crippen LogP contribution in [0.2, 0.25) is 0 Å². The van der Waals surface area contributed by atoms with Crippen LogP contribution in [0, 0.1) is 6.92 Å². The molecule has 0 aliphatic heterocycles. The minimum atomic E-state index is 0.122. The molecule has 2 N–H and O–H groups in total. The fourth-order valence-corrected chi connectivity index (χ4v) is 1.33. The van der Waals surface area contributed by atoms with Crippen LogP contribution >= 0.6 is 0 Å². The monoisotopic (exact) mass is 224 g/mol. The van der Waals surface area contributed by atoms with Gasteiger partial charge in [0.15, 0.2) is 0 Å². The fraction of sp³-hybridized carbons (Fsp3) is 0.636. The molecule has 0 aliphatic rings. The van der Waals surface area contributed by atoms with Gasteiger partial charge in [-0.1, -0.05) is 6.92 Å². The standard InChI is InChI=1S/C11H20N4O/c1-4-5-12-11-13-9(2)8-10(14-11)15(3)6-7-16/h8,16H,4-7H2,1-3H3,(H,12,13,14). The predicted octanol–water partition coefficient (Wildman–Crippen LogP) is 1.04. The molecular formula is C11H20N4O. The van der Waals surface area contributed by atoms with Crippen molar-refractivity contribution in [1.82, 2.24) is 9.97 Å². The Morgan fingerprint density at radius 2 is 2.19 bits per heavy atom. The number of rotatable bonds is 6. The highest BCUT2D eigenvalue weighted by Crippen LogP contribution is 2.12. The van der Waals surface area contributed by atoms with Gasteiger partial charge in [-0.3, -0.25) is 0 Å². The maximum absolute atomic E-state index is 8.88. The van der Waals surface area contributed by atoms with Crippen LogP contribution < -0.4 is 10.2 Å². The van der Waals surface area contributed by atoms with Crippen molar-refractivity contribution in [1.29, 1.82) is 0 Å². The first-order valence-corrected chi connectivity index (χ1v) is 5.59. The molecule has 1 aromatic rings. The van der Waals surface area contributed by atoms with Crippen molar-refractivity contribution in [3.8, 4) is 0 Å². The molecule has 1 heterocycles. The second kappa shape index (κ2) is 6.27. The highest BCUT2D eigenvalue weighted by Gasteiger charge is 2.05. The van der Waals surface area contributed by atoms with E-state index in [1.165, 1.54) is 0 Å². The van der Waals surface area contributed by atoms with Crippen LogP contribution in [-0.4, -0.2) is 41.8 Å². The Morgan fingerprint density at radius 1 is 1.44 bits per heavy atom. The van der Waals surface area contributed by atoms with Crippen molar-refractivity contribution in [3.63, 3.8) is 0 Å². The Kier molecular flexibility index (Phi) is 4.98. The number of aliphatic hydroxyl groups excluding tert-OH is 1. The summed E-state index contributed by atoms with van der Waals surface area (Å²) >= 11 is 0. The fourth-order valence-electron chi connectivity index (χ4n) is 1.33. The largest absolute Gasteiger partial charge is 0.395 e. The zero-order valence-corrected chi connectivity index (χ0v) is 10.2. The summed E-state index contributed by atoms with van der Waals surface area (Å²) in [7, 11) is 1.90. The summed E-state index contributed by atoms with van der Waals surface area (Å²) < 4.78 is 0. The molecular weight excluding hydrogens is 204 g/mol. The van der Waals surface area contributed by atoms with E-state index in [-0.39, 0.29) is 6.61 Å². The van der Waals surface area contributed by atoms with E-state index in [1.54, 1.807) is 0 Å². The van der Waals surface area contributed by atoms with Crippen LogP contribution in [0.3, 0.4) is 0 Å². The van der Waals surface area contributed by atoms with Crippen molar-refractivity contribution >= 4 is 11.8 Å². The van der Waals surface area contributed by atoms with Gasteiger partial charge in [-0.2, -0.15) is 4.98 Å². The lowest BCUT2D eigenvalue weighted by atomic mass is 10.4. The van der Waals surface area contributed by atoms with Gasteiger partial charge < -0.3 is 15.3 Å². The lowest BCUT2D eigenvalue weighted by Crippen LogP contribution is -2.23. The smallest absolute Gasteiger partial charge is 0.224 e. The molecule has 0 radical (unpaired) electrons. The maximum Gasteiger partial charge on any atom is 0.224 e. The molecule has 16 heavy (non-hydrogen) atoms. The third kappa shape index (κ3) is 3.66. The lowest BCUT2D eigenvalue weighted by Gasteiger charge is -2.17. The maximum atomic E-state index is 8.88. The number of likely N-dealkylation sites (N-methyl/N-ethyl adjacent to an activating group) is 1. The van der Waals surface area contributed by atoms with E-state index < -0.39 is 0 Å². The average Bonchev–Trinajstić information content (AvgIpc) is 2.26. The number of hydrogen-bond donors (Lipinski definition) is 2. The Morgan fingerprint density at radius 3 is 2.81 bits per heavy atom. The molecule has 0 saturated heterocycles. The molecule has 5 heteroatoms. The number of nitrogens with zero attached hydrogens (tertiary/aromatic N) is 3. The van der Waals surface area contributed by atoms with E-state index >= 15 is 0 Å². The summed E-state index contributed by atoms with van der Waals surface area (Å²) in [5.41, 5.74) is 0.924. The van der Waals surface area contributed by atoms with Gasteiger partial charge in [0.05, 0.1) is 6.61 Å². The highest BCUT2D eigenvalue weighted by molar-refractivity contribution is 5.43. The zero-order valence-electron chi connectivity index (χ0n) is 10.2. The molecule has 1 rings (SSSR count). The number of aromatic nitrogens is 2. The molecule has 0 fully saturated rings. The summed E-state index contributed by atoms with van der Waals surface area (Å²) in [4.78, 5) is 10.6. The Balaban J connectivity index is 2.80. The van der Waals surface area contributed by atoms with E-state index in [0.29, 0.717) is 12.5 Å². The predicted molar refractivity (Wildman–Crippen MR) is 65.9 cm³/mol. The molecule has 0 aromatic carbocycles.